The molecule has 1 aromatic heterocycles. The molecule has 1 amide bonds. The number of nitrogens with one attached hydrogen (secondary N) is 1. The predicted molar refractivity (Wildman–Crippen MR) is 131 cm³/mol. The first-order valence-corrected chi connectivity index (χ1v) is 11.7. The van der Waals surface area contributed by atoms with E-state index in [0.29, 0.717) is 35.7 Å². The first-order valence-electron chi connectivity index (χ1n) is 10.7. The lowest BCUT2D eigenvalue weighted by Crippen LogP contribution is -2.20. The van der Waals surface area contributed by atoms with Crippen molar-refractivity contribution in [3.63, 3.8) is 0 Å². The van der Waals surface area contributed by atoms with Gasteiger partial charge in [0.2, 0.25) is 0 Å². The molecule has 0 atom stereocenters. The second-order valence-electron chi connectivity index (χ2n) is 7.33. The molecule has 0 bridgehead atoms. The number of fused-ring (bicyclic) bond motifs is 1. The van der Waals surface area contributed by atoms with E-state index < -0.39 is 0 Å². The van der Waals surface area contributed by atoms with Crippen molar-refractivity contribution in [1.82, 2.24) is 20.2 Å². The summed E-state index contributed by atoms with van der Waals surface area (Å²) in [6.45, 7) is 1.06. The van der Waals surface area contributed by atoms with Crippen LogP contribution >= 0.6 is 11.8 Å². The first-order chi connectivity index (χ1) is 16.8. The SMILES string of the molecule is O=C(CSc1nnc(-c2ccccc2)n1-c1ccccc1)NN=Cc1ccc2c(c1)OCCO2. The number of hydrogen-bond acceptors (Lipinski definition) is 7. The van der Waals surface area contributed by atoms with Crippen LogP contribution in [0.3, 0.4) is 0 Å². The highest BCUT2D eigenvalue weighted by Crippen LogP contribution is 2.30. The highest BCUT2D eigenvalue weighted by molar-refractivity contribution is 7.99. The maximum Gasteiger partial charge on any atom is 0.250 e. The quantitative estimate of drug-likeness (QED) is 0.249. The Morgan fingerprint density at radius 2 is 1.71 bits per heavy atom. The molecule has 4 aromatic rings. The summed E-state index contributed by atoms with van der Waals surface area (Å²) in [5.41, 5.74) is 5.22. The van der Waals surface area contributed by atoms with Crippen molar-refractivity contribution in [3.8, 4) is 28.6 Å². The number of para-hydroxylation sites is 1. The molecule has 0 fully saturated rings. The Bertz CT molecular complexity index is 1310. The van der Waals surface area contributed by atoms with Crippen LogP contribution in [0, 0.1) is 0 Å². The lowest BCUT2D eigenvalue weighted by Gasteiger charge is -2.18. The molecular formula is C25H21N5O3S. The van der Waals surface area contributed by atoms with Gasteiger partial charge in [0.15, 0.2) is 22.5 Å². The molecule has 9 heteroatoms. The number of rotatable bonds is 7. The van der Waals surface area contributed by atoms with Gasteiger partial charge in [0, 0.05) is 11.3 Å². The standard InChI is InChI=1S/C25H21N5O3S/c31-23(27-26-16-18-11-12-21-22(15-18)33-14-13-32-21)17-34-25-29-28-24(19-7-3-1-4-8-19)30(25)20-9-5-2-6-10-20/h1-12,15-16H,13-14,17H2,(H,27,31). The van der Waals surface area contributed by atoms with Crippen molar-refractivity contribution in [3.05, 3.63) is 84.4 Å². The lowest BCUT2D eigenvalue weighted by molar-refractivity contribution is -0.118. The zero-order chi connectivity index (χ0) is 23.2. The number of nitrogens with zero attached hydrogens (tertiary/aromatic N) is 4. The third-order valence-electron chi connectivity index (χ3n) is 4.98. The van der Waals surface area contributed by atoms with Crippen LogP contribution in [0.2, 0.25) is 0 Å². The topological polar surface area (TPSA) is 90.6 Å². The smallest absolute Gasteiger partial charge is 0.250 e. The van der Waals surface area contributed by atoms with Crippen LogP contribution in [0.5, 0.6) is 11.5 Å². The van der Waals surface area contributed by atoms with E-state index in [0.717, 1.165) is 16.8 Å². The van der Waals surface area contributed by atoms with Gasteiger partial charge in [-0.15, -0.1) is 10.2 Å². The van der Waals surface area contributed by atoms with Crippen LogP contribution in [0.1, 0.15) is 5.56 Å². The summed E-state index contributed by atoms with van der Waals surface area (Å²) in [5.74, 6) is 1.99. The van der Waals surface area contributed by atoms with Crippen molar-refractivity contribution < 1.29 is 14.3 Å². The average Bonchev–Trinajstić information content (AvgIpc) is 3.32. The number of amides is 1. The van der Waals surface area contributed by atoms with Crippen LogP contribution in [0.15, 0.2) is 89.1 Å². The first kappa shape index (κ1) is 21.7. The third kappa shape index (κ3) is 4.94. The lowest BCUT2D eigenvalue weighted by atomic mass is 10.2. The van der Waals surface area contributed by atoms with Crippen LogP contribution in [0.25, 0.3) is 17.1 Å². The van der Waals surface area contributed by atoms with E-state index in [9.17, 15) is 4.79 Å². The molecule has 0 saturated carbocycles. The van der Waals surface area contributed by atoms with E-state index >= 15 is 0 Å². The number of benzene rings is 3. The molecule has 1 aliphatic heterocycles. The molecule has 5 rings (SSSR count). The Morgan fingerprint density at radius 1 is 0.971 bits per heavy atom. The molecule has 0 radical (unpaired) electrons. The van der Waals surface area contributed by atoms with Gasteiger partial charge in [0.1, 0.15) is 13.2 Å². The molecule has 0 spiro atoms. The maximum absolute atomic E-state index is 12.4. The van der Waals surface area contributed by atoms with Gasteiger partial charge in [-0.1, -0.05) is 60.3 Å². The zero-order valence-electron chi connectivity index (χ0n) is 18.1. The van der Waals surface area contributed by atoms with Gasteiger partial charge in [-0.3, -0.25) is 9.36 Å². The minimum atomic E-state index is -0.248. The highest BCUT2D eigenvalue weighted by Gasteiger charge is 2.17. The van der Waals surface area contributed by atoms with Crippen LogP contribution < -0.4 is 14.9 Å². The van der Waals surface area contributed by atoms with Gasteiger partial charge < -0.3 is 9.47 Å². The van der Waals surface area contributed by atoms with E-state index in [1.165, 1.54) is 11.8 Å². The van der Waals surface area contributed by atoms with Gasteiger partial charge in [-0.05, 0) is 35.9 Å². The number of hydrazone groups is 1. The minimum absolute atomic E-state index is 0.137. The molecule has 0 aliphatic carbocycles. The molecule has 3 aromatic carbocycles. The maximum atomic E-state index is 12.4. The van der Waals surface area contributed by atoms with Gasteiger partial charge in [0.05, 0.1) is 12.0 Å². The van der Waals surface area contributed by atoms with Crippen LogP contribution in [-0.4, -0.2) is 45.9 Å². The van der Waals surface area contributed by atoms with Crippen molar-refractivity contribution in [1.29, 1.82) is 0 Å². The molecular weight excluding hydrogens is 450 g/mol. The Morgan fingerprint density at radius 3 is 2.50 bits per heavy atom. The number of carbonyl (C=O) groups excluding carboxylic acids is 1. The Balaban J connectivity index is 1.26. The molecule has 1 N–H and O–H groups in total. The summed E-state index contributed by atoms with van der Waals surface area (Å²) < 4.78 is 13.0. The predicted octanol–water partition coefficient (Wildman–Crippen LogP) is 3.95. The summed E-state index contributed by atoms with van der Waals surface area (Å²) in [5, 5.41) is 13.4. The molecule has 8 nitrogen and oxygen atoms in total. The largest absolute Gasteiger partial charge is 0.486 e. The number of carbonyl (C=O) groups is 1. The normalized spacial score (nSPS) is 12.6. The molecule has 1 aliphatic rings. The van der Waals surface area contributed by atoms with Gasteiger partial charge in [0.25, 0.3) is 5.91 Å². The number of hydrogen-bond donors (Lipinski definition) is 1. The van der Waals surface area contributed by atoms with Crippen LogP contribution in [-0.2, 0) is 4.79 Å². The Labute approximate surface area is 200 Å². The van der Waals surface area contributed by atoms with E-state index in [4.69, 9.17) is 9.47 Å². The zero-order valence-corrected chi connectivity index (χ0v) is 18.9. The van der Waals surface area contributed by atoms with E-state index in [-0.39, 0.29) is 11.7 Å². The van der Waals surface area contributed by atoms with Crippen molar-refractivity contribution >= 4 is 23.9 Å². The fourth-order valence-corrected chi connectivity index (χ4v) is 4.17. The Kier molecular flexibility index (Phi) is 6.53. The second-order valence-corrected chi connectivity index (χ2v) is 8.27. The number of ether oxygens (including phenoxy) is 2. The highest BCUT2D eigenvalue weighted by atomic mass is 32.2. The Hall–Kier alpha value is -4.11. The summed E-state index contributed by atoms with van der Waals surface area (Å²) in [6.07, 6.45) is 1.57. The minimum Gasteiger partial charge on any atom is -0.486 e. The van der Waals surface area contributed by atoms with Crippen molar-refractivity contribution in [2.45, 2.75) is 5.16 Å². The number of aromatic nitrogens is 3. The molecule has 0 unspecified atom stereocenters. The molecule has 170 valence electrons. The molecule has 0 saturated heterocycles. The van der Waals surface area contributed by atoms with E-state index in [1.54, 1.807) is 6.21 Å². The molecule has 2 heterocycles. The summed E-state index contributed by atoms with van der Waals surface area (Å²) in [6, 6.07) is 25.2. The molecule has 34 heavy (non-hydrogen) atoms. The number of thioether (sulfide) groups is 1. The summed E-state index contributed by atoms with van der Waals surface area (Å²) >= 11 is 1.30. The van der Waals surface area contributed by atoms with Gasteiger partial charge >= 0.3 is 0 Å². The van der Waals surface area contributed by atoms with E-state index in [2.05, 4.69) is 20.7 Å². The fourth-order valence-electron chi connectivity index (χ4n) is 3.43. The fraction of sp³-hybridized carbons (Fsp3) is 0.120. The average molecular weight is 472 g/mol. The third-order valence-corrected chi connectivity index (χ3v) is 5.91. The van der Waals surface area contributed by atoms with Crippen molar-refractivity contribution in [2.75, 3.05) is 19.0 Å². The summed E-state index contributed by atoms with van der Waals surface area (Å²) in [4.78, 5) is 12.4. The summed E-state index contributed by atoms with van der Waals surface area (Å²) in [7, 11) is 0. The monoisotopic (exact) mass is 471 g/mol. The van der Waals surface area contributed by atoms with Crippen LogP contribution in [0.4, 0.5) is 0 Å². The van der Waals surface area contributed by atoms with E-state index in [1.807, 2.05) is 83.4 Å². The second kappa shape index (κ2) is 10.2. The van der Waals surface area contributed by atoms with Crippen molar-refractivity contribution in [2.24, 2.45) is 5.10 Å². The van der Waals surface area contributed by atoms with Gasteiger partial charge in [-0.2, -0.15) is 5.10 Å². The van der Waals surface area contributed by atoms with Gasteiger partial charge in [-0.25, -0.2) is 5.43 Å².